The molecule has 0 bridgehead atoms. The van der Waals surface area contributed by atoms with Crippen LogP contribution in [0.5, 0.6) is 0 Å². The van der Waals surface area contributed by atoms with Crippen molar-refractivity contribution in [2.24, 2.45) is 0 Å². The lowest BCUT2D eigenvalue weighted by atomic mass is 10.5. The Morgan fingerprint density at radius 3 is 3.18 bits per heavy atom. The molecule has 0 amide bonds. The second-order valence-corrected chi connectivity index (χ2v) is 2.82. The average Bonchev–Trinajstić information content (AvgIpc) is 2.07. The summed E-state index contributed by atoms with van der Waals surface area (Å²) < 4.78 is 3.09. The molecule has 0 aliphatic heterocycles. The lowest BCUT2D eigenvalue weighted by molar-refractivity contribution is 1.08. The first-order chi connectivity index (χ1) is 5.43. The SMILES string of the molecule is C=CCNSc1ccccn1. The second kappa shape index (κ2) is 4.93. The van der Waals surface area contributed by atoms with Crippen molar-refractivity contribution in [1.82, 2.24) is 9.71 Å². The summed E-state index contributed by atoms with van der Waals surface area (Å²) in [7, 11) is 0. The number of hydrogen-bond donors (Lipinski definition) is 1. The third-order valence-electron chi connectivity index (χ3n) is 1.04. The molecule has 1 heterocycles. The molecule has 2 nitrogen and oxygen atoms in total. The summed E-state index contributed by atoms with van der Waals surface area (Å²) in [6.45, 7) is 4.39. The van der Waals surface area contributed by atoms with Crippen molar-refractivity contribution in [3.8, 4) is 0 Å². The van der Waals surface area contributed by atoms with Crippen LogP contribution in [-0.4, -0.2) is 11.5 Å². The number of rotatable bonds is 4. The summed E-state index contributed by atoms with van der Waals surface area (Å²) in [4.78, 5) is 4.12. The van der Waals surface area contributed by atoms with Crippen molar-refractivity contribution < 1.29 is 0 Å². The molecule has 0 radical (unpaired) electrons. The van der Waals surface area contributed by atoms with Gasteiger partial charge in [-0.05, 0) is 24.1 Å². The Bertz CT molecular complexity index is 211. The molecule has 1 N–H and O–H groups in total. The number of pyridine rings is 1. The Morgan fingerprint density at radius 2 is 2.55 bits per heavy atom. The molecule has 0 fully saturated rings. The van der Waals surface area contributed by atoms with E-state index in [1.165, 1.54) is 11.9 Å². The van der Waals surface area contributed by atoms with E-state index in [4.69, 9.17) is 0 Å². The molecule has 0 atom stereocenters. The Hall–Kier alpha value is -0.800. The minimum absolute atomic E-state index is 0.793. The molecule has 0 saturated heterocycles. The first-order valence-corrected chi connectivity index (χ1v) is 4.17. The number of nitrogens with zero attached hydrogens (tertiary/aromatic N) is 1. The fourth-order valence-electron chi connectivity index (χ4n) is 0.582. The molecular formula is C8H10N2S. The number of nitrogens with one attached hydrogen (secondary N) is 1. The van der Waals surface area contributed by atoms with E-state index in [1.807, 2.05) is 24.3 Å². The van der Waals surface area contributed by atoms with Gasteiger partial charge in [0.2, 0.25) is 0 Å². The summed E-state index contributed by atoms with van der Waals surface area (Å²) in [5.41, 5.74) is 0. The number of hydrogen-bond acceptors (Lipinski definition) is 3. The van der Waals surface area contributed by atoms with Crippen molar-refractivity contribution in [1.29, 1.82) is 0 Å². The van der Waals surface area contributed by atoms with Gasteiger partial charge in [-0.3, -0.25) is 4.72 Å². The van der Waals surface area contributed by atoms with Gasteiger partial charge in [-0.15, -0.1) is 6.58 Å². The molecule has 58 valence electrons. The monoisotopic (exact) mass is 166 g/mol. The first kappa shape index (κ1) is 8.30. The van der Waals surface area contributed by atoms with E-state index < -0.39 is 0 Å². The van der Waals surface area contributed by atoms with Crippen LogP contribution in [0.1, 0.15) is 0 Å². The van der Waals surface area contributed by atoms with Gasteiger partial charge in [0.25, 0.3) is 0 Å². The van der Waals surface area contributed by atoms with Crippen LogP contribution in [0.3, 0.4) is 0 Å². The minimum Gasteiger partial charge on any atom is -0.255 e. The number of aromatic nitrogens is 1. The predicted octanol–water partition coefficient (Wildman–Crippen LogP) is 1.86. The van der Waals surface area contributed by atoms with Crippen molar-refractivity contribution in [2.75, 3.05) is 6.54 Å². The molecule has 0 saturated carbocycles. The summed E-state index contributed by atoms with van der Waals surface area (Å²) in [5.74, 6) is 0. The highest BCUT2D eigenvalue weighted by molar-refractivity contribution is 7.97. The summed E-state index contributed by atoms with van der Waals surface area (Å²) >= 11 is 1.51. The van der Waals surface area contributed by atoms with Gasteiger partial charge in [0.15, 0.2) is 0 Å². The standard InChI is InChI=1S/C8H10N2S/c1-2-6-10-11-8-5-3-4-7-9-8/h2-5,7,10H,1,6H2. The highest BCUT2D eigenvalue weighted by Crippen LogP contribution is 2.08. The summed E-state index contributed by atoms with van der Waals surface area (Å²) in [6, 6.07) is 5.82. The minimum atomic E-state index is 0.793. The molecule has 1 aromatic heterocycles. The van der Waals surface area contributed by atoms with Crippen molar-refractivity contribution >= 4 is 11.9 Å². The molecule has 0 aliphatic carbocycles. The zero-order valence-corrected chi connectivity index (χ0v) is 6.97. The molecule has 0 aliphatic rings. The van der Waals surface area contributed by atoms with Gasteiger partial charge in [-0.2, -0.15) is 0 Å². The van der Waals surface area contributed by atoms with Gasteiger partial charge in [-0.25, -0.2) is 4.98 Å². The Labute approximate surface area is 70.9 Å². The fourth-order valence-corrected chi connectivity index (χ4v) is 1.19. The van der Waals surface area contributed by atoms with E-state index in [-0.39, 0.29) is 0 Å². The molecule has 1 aromatic rings. The average molecular weight is 166 g/mol. The molecule has 11 heavy (non-hydrogen) atoms. The Balaban J connectivity index is 2.33. The quantitative estimate of drug-likeness (QED) is 0.420. The van der Waals surface area contributed by atoms with Crippen LogP contribution < -0.4 is 4.72 Å². The second-order valence-electron chi connectivity index (χ2n) is 1.91. The maximum Gasteiger partial charge on any atom is 0.111 e. The van der Waals surface area contributed by atoms with Crippen LogP contribution in [0.25, 0.3) is 0 Å². The normalized spacial score (nSPS) is 9.45. The Kier molecular flexibility index (Phi) is 3.72. The van der Waals surface area contributed by atoms with Crippen LogP contribution in [0.2, 0.25) is 0 Å². The van der Waals surface area contributed by atoms with Gasteiger partial charge in [0.1, 0.15) is 5.03 Å². The third kappa shape index (κ3) is 3.20. The molecule has 0 unspecified atom stereocenters. The van der Waals surface area contributed by atoms with E-state index in [1.54, 1.807) is 6.20 Å². The smallest absolute Gasteiger partial charge is 0.111 e. The first-order valence-electron chi connectivity index (χ1n) is 3.35. The third-order valence-corrected chi connectivity index (χ3v) is 1.80. The molecule has 0 spiro atoms. The van der Waals surface area contributed by atoms with Crippen LogP contribution >= 0.6 is 11.9 Å². The van der Waals surface area contributed by atoms with Gasteiger partial charge in [0, 0.05) is 12.7 Å². The van der Waals surface area contributed by atoms with Crippen LogP contribution in [-0.2, 0) is 0 Å². The van der Waals surface area contributed by atoms with E-state index in [2.05, 4.69) is 16.3 Å². The van der Waals surface area contributed by atoms with Crippen molar-refractivity contribution in [3.05, 3.63) is 37.1 Å². The van der Waals surface area contributed by atoms with Gasteiger partial charge < -0.3 is 0 Å². The van der Waals surface area contributed by atoms with Gasteiger partial charge in [-0.1, -0.05) is 12.1 Å². The van der Waals surface area contributed by atoms with E-state index in [9.17, 15) is 0 Å². The highest BCUT2D eigenvalue weighted by Gasteiger charge is 1.89. The van der Waals surface area contributed by atoms with E-state index >= 15 is 0 Å². The zero-order valence-electron chi connectivity index (χ0n) is 6.16. The lowest BCUT2D eigenvalue weighted by Gasteiger charge is -1.97. The highest BCUT2D eigenvalue weighted by atomic mass is 32.2. The van der Waals surface area contributed by atoms with Crippen molar-refractivity contribution in [2.45, 2.75) is 5.03 Å². The predicted molar refractivity (Wildman–Crippen MR) is 48.3 cm³/mol. The molecular weight excluding hydrogens is 156 g/mol. The summed E-state index contributed by atoms with van der Waals surface area (Å²) in [5, 5.41) is 0.981. The van der Waals surface area contributed by atoms with Crippen LogP contribution in [0, 0.1) is 0 Å². The maximum absolute atomic E-state index is 4.12. The topological polar surface area (TPSA) is 24.9 Å². The van der Waals surface area contributed by atoms with Gasteiger partial charge in [0.05, 0.1) is 0 Å². The van der Waals surface area contributed by atoms with Crippen LogP contribution in [0.4, 0.5) is 0 Å². The van der Waals surface area contributed by atoms with E-state index in [0.29, 0.717) is 0 Å². The summed E-state index contributed by atoms with van der Waals surface area (Å²) in [6.07, 6.45) is 3.59. The van der Waals surface area contributed by atoms with Crippen molar-refractivity contribution in [3.63, 3.8) is 0 Å². The largest absolute Gasteiger partial charge is 0.255 e. The zero-order chi connectivity index (χ0) is 7.94. The van der Waals surface area contributed by atoms with E-state index in [0.717, 1.165) is 11.6 Å². The van der Waals surface area contributed by atoms with Gasteiger partial charge >= 0.3 is 0 Å². The molecule has 1 rings (SSSR count). The van der Waals surface area contributed by atoms with Crippen LogP contribution in [0.15, 0.2) is 42.1 Å². The lowest BCUT2D eigenvalue weighted by Crippen LogP contribution is -2.01. The molecule has 0 aromatic carbocycles. The molecule has 3 heteroatoms. The fraction of sp³-hybridized carbons (Fsp3) is 0.125. The Morgan fingerprint density at radius 1 is 1.64 bits per heavy atom. The maximum atomic E-state index is 4.12.